The van der Waals surface area contributed by atoms with Crippen LogP contribution < -0.4 is 0 Å². The Bertz CT molecular complexity index is 580. The van der Waals surface area contributed by atoms with Gasteiger partial charge >= 0.3 is 0 Å². The third-order valence-electron chi connectivity index (χ3n) is 3.20. The number of nitrogens with zero attached hydrogens (tertiary/aromatic N) is 2. The first-order chi connectivity index (χ1) is 8.96. The largest absolute Gasteiger partial charge is 0.327 e. The number of halogens is 2. The topological polar surface area (TPSA) is 17.8 Å². The summed E-state index contributed by atoms with van der Waals surface area (Å²) in [6.07, 6.45) is 2.95. The van der Waals surface area contributed by atoms with Crippen molar-refractivity contribution in [1.82, 2.24) is 9.55 Å². The van der Waals surface area contributed by atoms with E-state index in [-0.39, 0.29) is 4.75 Å². The van der Waals surface area contributed by atoms with Crippen molar-refractivity contribution in [3.63, 3.8) is 0 Å². The molecule has 0 saturated heterocycles. The fraction of sp³-hybridized carbons (Fsp3) is 0.500. The molecular weight excluding hydrogens is 344 g/mol. The Morgan fingerprint density at radius 1 is 1.42 bits per heavy atom. The summed E-state index contributed by atoms with van der Waals surface area (Å²) in [4.78, 5) is 4.71. The van der Waals surface area contributed by atoms with Crippen LogP contribution in [0.4, 0.5) is 0 Å². The summed E-state index contributed by atoms with van der Waals surface area (Å²) in [5.41, 5.74) is 2.22. The van der Waals surface area contributed by atoms with Crippen LogP contribution in [0.15, 0.2) is 22.7 Å². The highest BCUT2D eigenvalue weighted by Crippen LogP contribution is 2.28. The third-order valence-corrected chi connectivity index (χ3v) is 5.12. The van der Waals surface area contributed by atoms with E-state index in [1.165, 1.54) is 5.52 Å². The highest BCUT2D eigenvalue weighted by molar-refractivity contribution is 9.10. The van der Waals surface area contributed by atoms with E-state index in [1.807, 2.05) is 17.8 Å². The van der Waals surface area contributed by atoms with Gasteiger partial charge in [-0.2, -0.15) is 11.8 Å². The summed E-state index contributed by atoms with van der Waals surface area (Å²) in [6, 6.07) is 6.22. The first kappa shape index (κ1) is 15.2. The second-order valence-electron chi connectivity index (χ2n) is 5.15. The van der Waals surface area contributed by atoms with Crippen LogP contribution in [0, 0.1) is 0 Å². The van der Waals surface area contributed by atoms with Gasteiger partial charge in [0.2, 0.25) is 0 Å². The van der Waals surface area contributed by atoms with Gasteiger partial charge in [-0.3, -0.25) is 0 Å². The number of alkyl halides is 1. The van der Waals surface area contributed by atoms with Gasteiger partial charge in [-0.25, -0.2) is 4.98 Å². The Balaban J connectivity index is 2.53. The molecule has 0 N–H and O–H groups in total. The maximum atomic E-state index is 5.90. The van der Waals surface area contributed by atoms with Crippen LogP contribution in [0.3, 0.4) is 0 Å². The van der Waals surface area contributed by atoms with Gasteiger partial charge in [-0.05, 0) is 38.3 Å². The van der Waals surface area contributed by atoms with E-state index in [0.717, 1.165) is 28.8 Å². The van der Waals surface area contributed by atoms with Crippen LogP contribution in [0.1, 0.15) is 19.7 Å². The second kappa shape index (κ2) is 6.06. The number of thioether (sulfide) groups is 1. The number of aryl methyl sites for hydroxylation is 1. The Morgan fingerprint density at radius 2 is 2.16 bits per heavy atom. The molecule has 0 aliphatic rings. The summed E-state index contributed by atoms with van der Waals surface area (Å²) in [6.45, 7) is 5.45. The minimum atomic E-state index is 0.178. The summed E-state index contributed by atoms with van der Waals surface area (Å²) < 4.78 is 3.57. The van der Waals surface area contributed by atoms with Gasteiger partial charge in [0, 0.05) is 28.1 Å². The smallest absolute Gasteiger partial charge is 0.111 e. The van der Waals surface area contributed by atoms with Crippen molar-refractivity contribution >= 4 is 50.3 Å². The molecule has 2 aromatic rings. The normalized spacial score (nSPS) is 12.3. The van der Waals surface area contributed by atoms with Gasteiger partial charge in [0.25, 0.3) is 0 Å². The number of hydrogen-bond acceptors (Lipinski definition) is 2. The highest BCUT2D eigenvalue weighted by atomic mass is 79.9. The van der Waals surface area contributed by atoms with Crippen molar-refractivity contribution < 1.29 is 0 Å². The van der Waals surface area contributed by atoms with E-state index < -0.39 is 0 Å². The fourth-order valence-electron chi connectivity index (χ4n) is 2.04. The van der Waals surface area contributed by atoms with E-state index in [0.29, 0.717) is 5.88 Å². The van der Waals surface area contributed by atoms with E-state index in [2.05, 4.69) is 52.7 Å². The minimum absolute atomic E-state index is 0.178. The van der Waals surface area contributed by atoms with Gasteiger partial charge in [0.1, 0.15) is 5.82 Å². The van der Waals surface area contributed by atoms with E-state index >= 15 is 0 Å². The number of benzene rings is 1. The van der Waals surface area contributed by atoms with Crippen molar-refractivity contribution in [2.24, 2.45) is 0 Å². The first-order valence-corrected chi connectivity index (χ1v) is 8.78. The van der Waals surface area contributed by atoms with Crippen molar-refractivity contribution in [2.45, 2.75) is 31.6 Å². The van der Waals surface area contributed by atoms with Gasteiger partial charge in [-0.15, -0.1) is 11.6 Å². The number of imidazole rings is 1. The molecule has 0 unspecified atom stereocenters. The molecule has 2 nitrogen and oxygen atoms in total. The maximum Gasteiger partial charge on any atom is 0.111 e. The zero-order valence-corrected chi connectivity index (χ0v) is 14.6. The van der Waals surface area contributed by atoms with Gasteiger partial charge in [-0.1, -0.05) is 15.9 Å². The molecule has 0 fully saturated rings. The Morgan fingerprint density at radius 3 is 2.79 bits per heavy atom. The zero-order chi connectivity index (χ0) is 14.0. The highest BCUT2D eigenvalue weighted by Gasteiger charge is 2.20. The molecule has 0 saturated carbocycles. The van der Waals surface area contributed by atoms with E-state index in [9.17, 15) is 0 Å². The number of rotatable bonds is 5. The van der Waals surface area contributed by atoms with Gasteiger partial charge < -0.3 is 4.57 Å². The van der Waals surface area contributed by atoms with Crippen LogP contribution in [-0.4, -0.2) is 26.4 Å². The maximum absolute atomic E-state index is 5.90. The number of aromatic nitrogens is 2. The summed E-state index contributed by atoms with van der Waals surface area (Å²) >= 11 is 11.3. The average Bonchev–Trinajstić information content (AvgIpc) is 2.68. The summed E-state index contributed by atoms with van der Waals surface area (Å²) in [5, 5.41) is 0. The summed E-state index contributed by atoms with van der Waals surface area (Å²) in [7, 11) is 0. The standard InChI is InChI=1S/C14H18BrClN2S/c1-14(2,19-3)9-18-12-8-10(15)4-5-11(12)17-13(18)6-7-16/h4-5,8H,6-7,9H2,1-3H3. The van der Waals surface area contributed by atoms with Crippen LogP contribution in [0.5, 0.6) is 0 Å². The average molecular weight is 362 g/mol. The second-order valence-corrected chi connectivity index (χ2v) is 7.96. The number of fused-ring (bicyclic) bond motifs is 1. The lowest BCUT2D eigenvalue weighted by atomic mass is 10.2. The zero-order valence-electron chi connectivity index (χ0n) is 11.4. The lowest BCUT2D eigenvalue weighted by molar-refractivity contribution is 0.561. The Hall–Kier alpha value is -0.190. The predicted molar refractivity (Wildman–Crippen MR) is 89.5 cm³/mol. The molecule has 0 bridgehead atoms. The molecule has 2 rings (SSSR count). The molecule has 0 amide bonds. The monoisotopic (exact) mass is 360 g/mol. The van der Waals surface area contributed by atoms with Crippen molar-refractivity contribution in [2.75, 3.05) is 12.1 Å². The Labute approximate surface area is 132 Å². The van der Waals surface area contributed by atoms with E-state index in [1.54, 1.807) is 0 Å². The lowest BCUT2D eigenvalue weighted by Gasteiger charge is -2.24. The molecule has 0 spiro atoms. The molecular formula is C14H18BrClN2S. The Kier molecular flexibility index (Phi) is 4.85. The van der Waals surface area contributed by atoms with Crippen LogP contribution in [0.2, 0.25) is 0 Å². The molecule has 19 heavy (non-hydrogen) atoms. The molecule has 1 aromatic heterocycles. The van der Waals surface area contributed by atoms with Crippen molar-refractivity contribution in [3.05, 3.63) is 28.5 Å². The lowest BCUT2D eigenvalue weighted by Crippen LogP contribution is -2.23. The number of hydrogen-bond donors (Lipinski definition) is 0. The predicted octanol–water partition coefficient (Wildman–Crippen LogP) is 4.72. The molecule has 5 heteroatoms. The molecule has 1 heterocycles. The summed E-state index contributed by atoms with van der Waals surface area (Å²) in [5.74, 6) is 1.68. The molecule has 0 atom stereocenters. The van der Waals surface area contributed by atoms with Crippen LogP contribution >= 0.6 is 39.3 Å². The fourth-order valence-corrected chi connectivity index (χ4v) is 2.82. The molecule has 1 aromatic carbocycles. The van der Waals surface area contributed by atoms with Crippen molar-refractivity contribution in [3.8, 4) is 0 Å². The molecule has 0 aliphatic carbocycles. The molecule has 0 radical (unpaired) electrons. The first-order valence-electron chi connectivity index (χ1n) is 6.22. The van der Waals surface area contributed by atoms with Crippen LogP contribution in [-0.2, 0) is 13.0 Å². The molecule has 0 aliphatic heterocycles. The van der Waals surface area contributed by atoms with Crippen molar-refractivity contribution in [1.29, 1.82) is 0 Å². The van der Waals surface area contributed by atoms with Gasteiger partial charge in [0.05, 0.1) is 11.0 Å². The third kappa shape index (κ3) is 3.47. The minimum Gasteiger partial charge on any atom is -0.327 e. The van der Waals surface area contributed by atoms with E-state index in [4.69, 9.17) is 16.6 Å². The van der Waals surface area contributed by atoms with Crippen LogP contribution in [0.25, 0.3) is 11.0 Å². The SMILES string of the molecule is CSC(C)(C)Cn1c(CCCl)nc2ccc(Br)cc21. The molecule has 104 valence electrons. The van der Waals surface area contributed by atoms with Gasteiger partial charge in [0.15, 0.2) is 0 Å². The quantitative estimate of drug-likeness (QED) is 0.717.